The fourth-order valence-electron chi connectivity index (χ4n) is 3.48. The molecule has 4 nitrogen and oxygen atoms in total. The van der Waals surface area contributed by atoms with Crippen LogP contribution in [-0.4, -0.2) is 42.2 Å². The second-order valence-corrected chi connectivity index (χ2v) is 7.52. The van der Waals surface area contributed by atoms with Gasteiger partial charge >= 0.3 is 0 Å². The predicted molar refractivity (Wildman–Crippen MR) is 102 cm³/mol. The molecule has 1 saturated heterocycles. The van der Waals surface area contributed by atoms with E-state index in [0.29, 0.717) is 13.1 Å². The number of carbonyl (C=O) groups is 1. The van der Waals surface area contributed by atoms with Crippen LogP contribution in [0.5, 0.6) is 5.75 Å². The van der Waals surface area contributed by atoms with Crippen LogP contribution >= 0.6 is 0 Å². The van der Waals surface area contributed by atoms with E-state index in [1.54, 1.807) is 0 Å². The molecule has 1 amide bonds. The topological polar surface area (TPSA) is 38.8 Å². The molecule has 1 atom stereocenters. The predicted octanol–water partition coefficient (Wildman–Crippen LogP) is 3.68. The number of nitrogens with zero attached hydrogens (tertiary/aromatic N) is 1. The molecule has 2 aromatic carbocycles. The lowest BCUT2D eigenvalue weighted by Crippen LogP contribution is -2.54. The normalized spacial score (nSPS) is 19.2. The summed E-state index contributed by atoms with van der Waals surface area (Å²) in [6.07, 6.45) is 0.820. The molecular weight excluding hydrogens is 326 g/mol. The summed E-state index contributed by atoms with van der Waals surface area (Å²) in [6, 6.07) is 18.2. The molecule has 1 aliphatic rings. The van der Waals surface area contributed by atoms with E-state index in [-0.39, 0.29) is 24.2 Å². The van der Waals surface area contributed by atoms with Crippen LogP contribution in [0.1, 0.15) is 31.9 Å². The second kappa shape index (κ2) is 7.92. The van der Waals surface area contributed by atoms with Crippen LogP contribution in [0.4, 0.5) is 0 Å². The molecule has 1 unspecified atom stereocenters. The van der Waals surface area contributed by atoms with E-state index in [2.05, 4.69) is 12.1 Å². The molecule has 0 N–H and O–H groups in total. The molecule has 4 heteroatoms. The lowest BCUT2D eigenvalue weighted by Gasteiger charge is -2.41. The van der Waals surface area contributed by atoms with Crippen molar-refractivity contribution in [2.24, 2.45) is 0 Å². The van der Waals surface area contributed by atoms with E-state index in [1.165, 1.54) is 5.56 Å². The lowest BCUT2D eigenvalue weighted by atomic mass is 10.0. The van der Waals surface area contributed by atoms with Gasteiger partial charge < -0.3 is 14.4 Å². The van der Waals surface area contributed by atoms with Gasteiger partial charge in [-0.2, -0.15) is 0 Å². The van der Waals surface area contributed by atoms with Crippen molar-refractivity contribution in [1.29, 1.82) is 0 Å². The highest BCUT2D eigenvalue weighted by molar-refractivity contribution is 5.78. The van der Waals surface area contributed by atoms with Crippen molar-refractivity contribution in [3.63, 3.8) is 0 Å². The Kier molecular flexibility index (Phi) is 5.62. The Morgan fingerprint density at radius 1 is 1.15 bits per heavy atom. The van der Waals surface area contributed by atoms with Gasteiger partial charge in [0.1, 0.15) is 5.75 Å². The summed E-state index contributed by atoms with van der Waals surface area (Å²) >= 11 is 0. The number of morpholine rings is 1. The highest BCUT2D eigenvalue weighted by Crippen LogP contribution is 2.23. The van der Waals surface area contributed by atoms with Crippen molar-refractivity contribution < 1.29 is 14.3 Å². The van der Waals surface area contributed by atoms with Gasteiger partial charge in [0, 0.05) is 19.5 Å². The number of para-hydroxylation sites is 1. The first kappa shape index (κ1) is 18.5. The third-order valence-corrected chi connectivity index (χ3v) is 4.48. The first-order valence-electron chi connectivity index (χ1n) is 9.13. The van der Waals surface area contributed by atoms with E-state index in [1.807, 2.05) is 68.1 Å². The van der Waals surface area contributed by atoms with Crippen LogP contribution in [0.2, 0.25) is 0 Å². The lowest BCUT2D eigenvalue weighted by molar-refractivity contribution is -0.159. The number of hydrogen-bond donors (Lipinski definition) is 0. The molecule has 3 rings (SSSR count). The molecule has 1 aliphatic heterocycles. The van der Waals surface area contributed by atoms with Crippen LogP contribution in [0.15, 0.2) is 54.6 Å². The third kappa shape index (κ3) is 4.85. The zero-order valence-electron chi connectivity index (χ0n) is 15.8. The molecular formula is C22H27NO3. The maximum absolute atomic E-state index is 12.6. The summed E-state index contributed by atoms with van der Waals surface area (Å²) in [5, 5.41) is 0. The Hall–Kier alpha value is -2.33. The summed E-state index contributed by atoms with van der Waals surface area (Å²) in [6.45, 7) is 7.27. The molecule has 26 heavy (non-hydrogen) atoms. The minimum atomic E-state index is -0.321. The SMILES string of the molecule is CC1CN(C(=O)COc2ccccc2Cc2ccccc2)CC(C)(C)O1. The third-order valence-electron chi connectivity index (χ3n) is 4.48. The summed E-state index contributed by atoms with van der Waals surface area (Å²) in [5.74, 6) is 0.771. The van der Waals surface area contributed by atoms with E-state index >= 15 is 0 Å². The van der Waals surface area contributed by atoms with Crippen molar-refractivity contribution in [2.75, 3.05) is 19.7 Å². The summed E-state index contributed by atoms with van der Waals surface area (Å²) in [7, 11) is 0. The Morgan fingerprint density at radius 2 is 1.85 bits per heavy atom. The average Bonchev–Trinajstić information content (AvgIpc) is 2.60. The highest BCUT2D eigenvalue weighted by Gasteiger charge is 2.33. The smallest absolute Gasteiger partial charge is 0.260 e. The number of benzene rings is 2. The molecule has 0 aromatic heterocycles. The van der Waals surface area contributed by atoms with Crippen molar-refractivity contribution in [3.8, 4) is 5.75 Å². The zero-order chi connectivity index (χ0) is 18.6. The molecule has 1 heterocycles. The van der Waals surface area contributed by atoms with Crippen LogP contribution < -0.4 is 4.74 Å². The molecule has 138 valence electrons. The van der Waals surface area contributed by atoms with Crippen LogP contribution in [-0.2, 0) is 16.0 Å². The summed E-state index contributed by atoms with van der Waals surface area (Å²) in [5.41, 5.74) is 1.99. The maximum atomic E-state index is 12.6. The summed E-state index contributed by atoms with van der Waals surface area (Å²) in [4.78, 5) is 14.5. The van der Waals surface area contributed by atoms with E-state index in [9.17, 15) is 4.79 Å². The quantitative estimate of drug-likeness (QED) is 0.823. The van der Waals surface area contributed by atoms with Gasteiger partial charge in [0.25, 0.3) is 5.91 Å². The fourth-order valence-corrected chi connectivity index (χ4v) is 3.48. The first-order chi connectivity index (χ1) is 12.4. The van der Waals surface area contributed by atoms with Crippen molar-refractivity contribution in [2.45, 2.75) is 38.9 Å². The van der Waals surface area contributed by atoms with Crippen LogP contribution in [0.25, 0.3) is 0 Å². The molecule has 0 aliphatic carbocycles. The Morgan fingerprint density at radius 3 is 2.58 bits per heavy atom. The second-order valence-electron chi connectivity index (χ2n) is 7.52. The zero-order valence-corrected chi connectivity index (χ0v) is 15.8. The largest absolute Gasteiger partial charge is 0.483 e. The van der Waals surface area contributed by atoms with E-state index < -0.39 is 0 Å². The minimum Gasteiger partial charge on any atom is -0.483 e. The van der Waals surface area contributed by atoms with Crippen LogP contribution in [0.3, 0.4) is 0 Å². The molecule has 0 saturated carbocycles. The van der Waals surface area contributed by atoms with E-state index in [0.717, 1.165) is 17.7 Å². The van der Waals surface area contributed by atoms with Gasteiger partial charge in [0.15, 0.2) is 6.61 Å². The summed E-state index contributed by atoms with van der Waals surface area (Å²) < 4.78 is 11.8. The minimum absolute atomic E-state index is 0.00254. The number of carbonyl (C=O) groups excluding carboxylic acids is 1. The van der Waals surface area contributed by atoms with Gasteiger partial charge in [-0.25, -0.2) is 0 Å². The highest BCUT2D eigenvalue weighted by atomic mass is 16.5. The molecule has 0 radical (unpaired) electrons. The van der Waals surface area contributed by atoms with Gasteiger partial charge in [-0.15, -0.1) is 0 Å². The Balaban J connectivity index is 1.64. The molecule has 2 aromatic rings. The number of hydrogen-bond acceptors (Lipinski definition) is 3. The van der Waals surface area contributed by atoms with Crippen molar-refractivity contribution in [3.05, 3.63) is 65.7 Å². The maximum Gasteiger partial charge on any atom is 0.260 e. The Labute approximate surface area is 155 Å². The van der Waals surface area contributed by atoms with Crippen molar-refractivity contribution >= 4 is 5.91 Å². The van der Waals surface area contributed by atoms with Crippen LogP contribution in [0, 0.1) is 0 Å². The molecule has 0 spiro atoms. The van der Waals surface area contributed by atoms with Gasteiger partial charge in [-0.05, 0) is 38.0 Å². The van der Waals surface area contributed by atoms with Gasteiger partial charge in [-0.3, -0.25) is 4.79 Å². The molecule has 1 fully saturated rings. The van der Waals surface area contributed by atoms with Gasteiger partial charge in [0.05, 0.1) is 11.7 Å². The molecule has 0 bridgehead atoms. The number of ether oxygens (including phenoxy) is 2. The van der Waals surface area contributed by atoms with E-state index in [4.69, 9.17) is 9.47 Å². The van der Waals surface area contributed by atoms with Gasteiger partial charge in [-0.1, -0.05) is 48.5 Å². The monoisotopic (exact) mass is 353 g/mol. The fraction of sp³-hybridized carbons (Fsp3) is 0.409. The Bertz CT molecular complexity index is 742. The standard InChI is InChI=1S/C22H27NO3/c1-17-14-23(16-22(2,3)26-17)21(24)15-25-20-12-8-7-11-19(20)13-18-9-5-4-6-10-18/h4-12,17H,13-16H2,1-3H3. The number of rotatable bonds is 5. The van der Waals surface area contributed by atoms with Crippen molar-refractivity contribution in [1.82, 2.24) is 4.90 Å². The first-order valence-corrected chi connectivity index (χ1v) is 9.13. The van der Waals surface area contributed by atoms with Gasteiger partial charge in [0.2, 0.25) is 0 Å². The average molecular weight is 353 g/mol. The number of amides is 1.